The van der Waals surface area contributed by atoms with Crippen molar-refractivity contribution in [3.05, 3.63) is 0 Å². The second-order valence-electron chi connectivity index (χ2n) is 12.1. The van der Waals surface area contributed by atoms with Crippen molar-refractivity contribution in [3.63, 3.8) is 0 Å². The smallest absolute Gasteiger partial charge is 0.313 e. The average Bonchev–Trinajstić information content (AvgIpc) is 2.85. The predicted octanol–water partition coefficient (Wildman–Crippen LogP) is 11.5. The van der Waals surface area contributed by atoms with Crippen LogP contribution in [0.3, 0.4) is 0 Å². The molecule has 37 heavy (non-hydrogen) atoms. The van der Waals surface area contributed by atoms with Crippen molar-refractivity contribution in [2.45, 2.75) is 195 Å². The van der Waals surface area contributed by atoms with Crippen molar-refractivity contribution >= 4 is 11.9 Å². The van der Waals surface area contributed by atoms with E-state index in [0.717, 1.165) is 12.8 Å². The lowest BCUT2D eigenvalue weighted by Gasteiger charge is -2.12. The van der Waals surface area contributed by atoms with E-state index in [1.807, 2.05) is 0 Å². The Hall–Kier alpha value is -0.860. The number of rotatable bonds is 28. The van der Waals surface area contributed by atoms with E-state index in [1.165, 1.54) is 141 Å². The van der Waals surface area contributed by atoms with Crippen molar-refractivity contribution < 1.29 is 14.3 Å². The van der Waals surface area contributed by atoms with Gasteiger partial charge in [0.05, 0.1) is 0 Å². The maximum absolute atomic E-state index is 12.2. The van der Waals surface area contributed by atoms with Crippen LogP contribution in [0, 0.1) is 11.8 Å². The third-order valence-electron chi connectivity index (χ3n) is 7.86. The summed E-state index contributed by atoms with van der Waals surface area (Å²) in [6.07, 6.45) is 32.4. The van der Waals surface area contributed by atoms with Gasteiger partial charge in [0.25, 0.3) is 0 Å². The maximum atomic E-state index is 12.2. The fourth-order valence-electron chi connectivity index (χ4n) is 5.30. The van der Waals surface area contributed by atoms with Crippen LogP contribution in [-0.2, 0) is 14.3 Å². The first kappa shape index (κ1) is 36.1. The first-order valence-corrected chi connectivity index (χ1v) is 16.7. The summed E-state index contributed by atoms with van der Waals surface area (Å²) in [4.78, 5) is 24.3. The van der Waals surface area contributed by atoms with Crippen LogP contribution in [0.25, 0.3) is 0 Å². The van der Waals surface area contributed by atoms with Crippen LogP contribution >= 0.6 is 0 Å². The second-order valence-corrected chi connectivity index (χ2v) is 12.1. The van der Waals surface area contributed by atoms with E-state index < -0.39 is 0 Å². The Labute approximate surface area is 232 Å². The fraction of sp³-hybridized carbons (Fsp3) is 0.941. The van der Waals surface area contributed by atoms with Crippen molar-refractivity contribution in [2.24, 2.45) is 11.8 Å². The van der Waals surface area contributed by atoms with Crippen LogP contribution in [-0.4, -0.2) is 11.9 Å². The molecule has 0 aliphatic carbocycles. The Morgan fingerprint density at radius 2 is 0.676 bits per heavy atom. The molecular formula is C34H66O3. The normalized spacial score (nSPS) is 13.0. The zero-order valence-corrected chi connectivity index (χ0v) is 25.8. The molecule has 0 heterocycles. The Morgan fingerprint density at radius 3 is 0.946 bits per heavy atom. The molecular weight excluding hydrogens is 456 g/mol. The lowest BCUT2D eigenvalue weighted by molar-refractivity contribution is -0.160. The molecule has 0 fully saturated rings. The molecule has 0 aromatic heterocycles. The third kappa shape index (κ3) is 28.0. The van der Waals surface area contributed by atoms with E-state index in [2.05, 4.69) is 27.7 Å². The van der Waals surface area contributed by atoms with Crippen LogP contribution < -0.4 is 0 Å². The highest BCUT2D eigenvalue weighted by molar-refractivity contribution is 5.85. The largest absolute Gasteiger partial charge is 0.393 e. The summed E-state index contributed by atoms with van der Waals surface area (Å²) >= 11 is 0. The third-order valence-corrected chi connectivity index (χ3v) is 7.86. The molecule has 0 spiro atoms. The molecule has 220 valence electrons. The molecule has 3 heteroatoms. The summed E-state index contributed by atoms with van der Waals surface area (Å²) < 4.78 is 5.13. The number of esters is 2. The van der Waals surface area contributed by atoms with Gasteiger partial charge in [0.2, 0.25) is 0 Å². The number of carbonyl (C=O) groups excluding carboxylic acids is 2. The number of ether oxygens (including phenoxy) is 1. The molecule has 3 nitrogen and oxygen atoms in total. The molecule has 0 saturated carbocycles. The first-order valence-electron chi connectivity index (χ1n) is 16.7. The van der Waals surface area contributed by atoms with Gasteiger partial charge >= 0.3 is 11.9 Å². The minimum absolute atomic E-state index is 0.299. The summed E-state index contributed by atoms with van der Waals surface area (Å²) in [5, 5.41) is 0. The van der Waals surface area contributed by atoms with E-state index in [9.17, 15) is 9.59 Å². The lowest BCUT2D eigenvalue weighted by atomic mass is 9.98. The molecule has 0 bridgehead atoms. The molecule has 0 saturated heterocycles. The van der Waals surface area contributed by atoms with Gasteiger partial charge in [-0.25, -0.2) is 0 Å². The standard InChI is InChI=1S/C34H66O3/c1-5-7-9-11-13-15-17-19-21-23-25-27-31(3)29-33(35)37-34(36)30-32(4)28-26-24-22-20-18-16-14-12-10-8-6-2/h31-32H,5-30H2,1-4H3. The predicted molar refractivity (Wildman–Crippen MR) is 161 cm³/mol. The molecule has 0 aliphatic rings. The van der Waals surface area contributed by atoms with E-state index >= 15 is 0 Å². The van der Waals surface area contributed by atoms with Gasteiger partial charge in [-0.05, 0) is 11.8 Å². The minimum Gasteiger partial charge on any atom is -0.393 e. The molecule has 0 aromatic rings. The fourth-order valence-corrected chi connectivity index (χ4v) is 5.30. The Kier molecular flexibility index (Phi) is 27.5. The molecule has 0 N–H and O–H groups in total. The Balaban J connectivity index is 3.57. The van der Waals surface area contributed by atoms with E-state index in [-0.39, 0.29) is 11.9 Å². The summed E-state index contributed by atoms with van der Waals surface area (Å²) in [7, 11) is 0. The topological polar surface area (TPSA) is 43.4 Å². The van der Waals surface area contributed by atoms with E-state index in [1.54, 1.807) is 0 Å². The monoisotopic (exact) mass is 523 g/mol. The van der Waals surface area contributed by atoms with Gasteiger partial charge < -0.3 is 4.74 Å². The quantitative estimate of drug-likeness (QED) is 0.0583. The zero-order chi connectivity index (χ0) is 27.4. The number of hydrogen-bond donors (Lipinski definition) is 0. The van der Waals surface area contributed by atoms with Crippen molar-refractivity contribution in [3.8, 4) is 0 Å². The van der Waals surface area contributed by atoms with Crippen LogP contribution in [0.5, 0.6) is 0 Å². The van der Waals surface area contributed by atoms with Crippen LogP contribution in [0.2, 0.25) is 0 Å². The molecule has 0 aromatic carbocycles. The Morgan fingerprint density at radius 1 is 0.432 bits per heavy atom. The highest BCUT2D eigenvalue weighted by Crippen LogP contribution is 2.19. The molecule has 2 unspecified atom stereocenters. The summed E-state index contributed by atoms with van der Waals surface area (Å²) in [5.41, 5.74) is 0. The molecule has 0 aliphatic heterocycles. The number of hydrogen-bond acceptors (Lipinski definition) is 3. The van der Waals surface area contributed by atoms with Gasteiger partial charge in [0, 0.05) is 12.8 Å². The summed E-state index contributed by atoms with van der Waals surface area (Å²) in [6.45, 7) is 8.75. The summed E-state index contributed by atoms with van der Waals surface area (Å²) in [5.74, 6) is -0.0646. The number of carbonyl (C=O) groups is 2. The van der Waals surface area contributed by atoms with E-state index in [4.69, 9.17) is 4.74 Å². The van der Waals surface area contributed by atoms with Gasteiger partial charge in [-0.3, -0.25) is 9.59 Å². The van der Waals surface area contributed by atoms with Crippen molar-refractivity contribution in [1.29, 1.82) is 0 Å². The maximum Gasteiger partial charge on any atom is 0.313 e. The SMILES string of the molecule is CCCCCCCCCCCCCC(C)CC(=O)OC(=O)CC(C)CCCCCCCCCCCCC. The van der Waals surface area contributed by atoms with E-state index in [0.29, 0.717) is 24.7 Å². The lowest BCUT2D eigenvalue weighted by Crippen LogP contribution is -2.17. The van der Waals surface area contributed by atoms with Crippen LogP contribution in [0.1, 0.15) is 195 Å². The zero-order valence-electron chi connectivity index (χ0n) is 25.8. The van der Waals surface area contributed by atoms with Crippen LogP contribution in [0.15, 0.2) is 0 Å². The molecule has 0 amide bonds. The highest BCUT2D eigenvalue weighted by atomic mass is 16.6. The highest BCUT2D eigenvalue weighted by Gasteiger charge is 2.16. The van der Waals surface area contributed by atoms with Crippen molar-refractivity contribution in [2.75, 3.05) is 0 Å². The molecule has 0 radical (unpaired) electrons. The Bertz CT molecular complexity index is 457. The van der Waals surface area contributed by atoms with Gasteiger partial charge in [0.15, 0.2) is 0 Å². The number of unbranched alkanes of at least 4 members (excludes halogenated alkanes) is 20. The average molecular weight is 523 g/mol. The van der Waals surface area contributed by atoms with Gasteiger partial charge in [0.1, 0.15) is 0 Å². The van der Waals surface area contributed by atoms with Gasteiger partial charge in [-0.1, -0.05) is 182 Å². The second kappa shape index (κ2) is 28.2. The molecule has 0 rings (SSSR count). The first-order chi connectivity index (χ1) is 18.0. The van der Waals surface area contributed by atoms with Gasteiger partial charge in [-0.15, -0.1) is 0 Å². The van der Waals surface area contributed by atoms with Crippen molar-refractivity contribution in [1.82, 2.24) is 0 Å². The molecule has 2 atom stereocenters. The van der Waals surface area contributed by atoms with Crippen LogP contribution in [0.4, 0.5) is 0 Å². The summed E-state index contributed by atoms with van der Waals surface area (Å²) in [6, 6.07) is 0. The van der Waals surface area contributed by atoms with Gasteiger partial charge in [-0.2, -0.15) is 0 Å². The minimum atomic E-state index is -0.331.